The lowest BCUT2D eigenvalue weighted by molar-refractivity contribution is -0.121. The molecule has 1 aromatic rings. The van der Waals surface area contributed by atoms with Crippen molar-refractivity contribution in [1.29, 1.82) is 0 Å². The maximum absolute atomic E-state index is 12.3. The number of carbonyl (C=O) groups excluding carboxylic acids is 1. The van der Waals surface area contributed by atoms with E-state index in [1.54, 1.807) is 25.1 Å². The predicted molar refractivity (Wildman–Crippen MR) is 72.4 cm³/mol. The van der Waals surface area contributed by atoms with Gasteiger partial charge < -0.3 is 15.7 Å². The molecule has 1 atom stereocenters. The molecule has 5 heteroatoms. The molecule has 1 heterocycles. The molecule has 1 aliphatic rings. The van der Waals surface area contributed by atoms with Crippen LogP contribution in [-0.2, 0) is 4.79 Å². The van der Waals surface area contributed by atoms with Crippen molar-refractivity contribution in [3.63, 3.8) is 0 Å². The van der Waals surface area contributed by atoms with E-state index in [-0.39, 0.29) is 11.5 Å². The Bertz CT molecular complexity index is 519. The van der Waals surface area contributed by atoms with Crippen molar-refractivity contribution in [3.8, 4) is 0 Å². The number of aryl methyl sites for hydroxylation is 1. The zero-order valence-electron chi connectivity index (χ0n) is 11.1. The van der Waals surface area contributed by atoms with Gasteiger partial charge in [-0.15, -0.1) is 0 Å². The van der Waals surface area contributed by atoms with Gasteiger partial charge in [-0.2, -0.15) is 0 Å². The monoisotopic (exact) mass is 262 g/mol. The van der Waals surface area contributed by atoms with Gasteiger partial charge in [0.1, 0.15) is 0 Å². The fourth-order valence-electron chi connectivity index (χ4n) is 2.40. The zero-order valence-corrected chi connectivity index (χ0v) is 11.1. The van der Waals surface area contributed by atoms with E-state index in [1.807, 2.05) is 6.92 Å². The molecule has 1 amide bonds. The smallest absolute Gasteiger partial charge is 0.338 e. The first-order valence-electron chi connectivity index (χ1n) is 6.33. The number of anilines is 1. The number of amides is 1. The number of nitrogens with one attached hydrogen (secondary N) is 2. The van der Waals surface area contributed by atoms with Crippen LogP contribution in [0.2, 0.25) is 0 Å². The first kappa shape index (κ1) is 13.5. The second-order valence-corrected chi connectivity index (χ2v) is 5.12. The van der Waals surface area contributed by atoms with Crippen LogP contribution in [0.1, 0.15) is 35.7 Å². The molecule has 0 saturated carbocycles. The van der Waals surface area contributed by atoms with Gasteiger partial charge >= 0.3 is 5.97 Å². The standard InChI is InChI=1S/C14H18N2O3/c1-9-5-3-6-10(11(9)12(17)18)16-13(19)14(2)7-4-8-15-14/h3,5-6,15H,4,7-8H2,1-2H3,(H,16,19)(H,17,18). The number of hydrogen-bond acceptors (Lipinski definition) is 3. The van der Waals surface area contributed by atoms with Gasteiger partial charge in [-0.25, -0.2) is 4.79 Å². The molecule has 0 spiro atoms. The lowest BCUT2D eigenvalue weighted by Gasteiger charge is -2.23. The highest BCUT2D eigenvalue weighted by molar-refractivity contribution is 6.04. The Morgan fingerprint density at radius 3 is 2.74 bits per heavy atom. The largest absolute Gasteiger partial charge is 0.478 e. The minimum atomic E-state index is -1.03. The Hall–Kier alpha value is -1.88. The molecular formula is C14H18N2O3. The summed E-state index contributed by atoms with van der Waals surface area (Å²) in [6, 6.07) is 5.07. The summed E-state index contributed by atoms with van der Waals surface area (Å²) in [6.45, 7) is 4.36. The molecule has 19 heavy (non-hydrogen) atoms. The average Bonchev–Trinajstić information content (AvgIpc) is 2.77. The number of hydrogen-bond donors (Lipinski definition) is 3. The zero-order chi connectivity index (χ0) is 14.0. The number of benzene rings is 1. The van der Waals surface area contributed by atoms with E-state index in [0.717, 1.165) is 19.4 Å². The molecule has 102 valence electrons. The van der Waals surface area contributed by atoms with Crippen molar-refractivity contribution in [1.82, 2.24) is 5.32 Å². The highest BCUT2D eigenvalue weighted by atomic mass is 16.4. The van der Waals surface area contributed by atoms with Gasteiger partial charge in [0.2, 0.25) is 5.91 Å². The maximum atomic E-state index is 12.3. The van der Waals surface area contributed by atoms with Crippen molar-refractivity contribution in [3.05, 3.63) is 29.3 Å². The molecular weight excluding hydrogens is 244 g/mol. The lowest BCUT2D eigenvalue weighted by atomic mass is 9.98. The fraction of sp³-hybridized carbons (Fsp3) is 0.429. The van der Waals surface area contributed by atoms with Crippen molar-refractivity contribution >= 4 is 17.6 Å². The van der Waals surface area contributed by atoms with Gasteiger partial charge in [-0.3, -0.25) is 4.79 Å². The molecule has 1 aliphatic heterocycles. The van der Waals surface area contributed by atoms with Gasteiger partial charge in [0.25, 0.3) is 0 Å². The molecule has 1 saturated heterocycles. The van der Waals surface area contributed by atoms with E-state index in [0.29, 0.717) is 11.3 Å². The fourth-order valence-corrected chi connectivity index (χ4v) is 2.40. The van der Waals surface area contributed by atoms with E-state index < -0.39 is 11.5 Å². The predicted octanol–water partition coefficient (Wildman–Crippen LogP) is 1.77. The van der Waals surface area contributed by atoms with Crippen LogP contribution >= 0.6 is 0 Å². The maximum Gasteiger partial charge on any atom is 0.338 e. The molecule has 0 aliphatic carbocycles. The van der Waals surface area contributed by atoms with Crippen molar-refractivity contribution in [2.45, 2.75) is 32.2 Å². The van der Waals surface area contributed by atoms with Crippen LogP contribution in [0.25, 0.3) is 0 Å². The van der Waals surface area contributed by atoms with E-state index in [2.05, 4.69) is 10.6 Å². The van der Waals surface area contributed by atoms with Gasteiger partial charge in [0.15, 0.2) is 0 Å². The SMILES string of the molecule is Cc1cccc(NC(=O)C2(C)CCCN2)c1C(=O)O. The molecule has 0 aromatic heterocycles. The second kappa shape index (κ2) is 5.01. The van der Waals surface area contributed by atoms with Crippen LogP contribution in [-0.4, -0.2) is 29.1 Å². The summed E-state index contributed by atoms with van der Waals surface area (Å²) >= 11 is 0. The summed E-state index contributed by atoms with van der Waals surface area (Å²) < 4.78 is 0. The summed E-state index contributed by atoms with van der Waals surface area (Å²) in [5, 5.41) is 15.1. The number of rotatable bonds is 3. The van der Waals surface area contributed by atoms with Gasteiger partial charge in [-0.05, 0) is 44.9 Å². The normalized spacial score (nSPS) is 22.2. The molecule has 3 N–H and O–H groups in total. The number of carbonyl (C=O) groups is 2. The van der Waals surface area contributed by atoms with E-state index in [1.165, 1.54) is 0 Å². The Morgan fingerprint density at radius 2 is 2.16 bits per heavy atom. The van der Waals surface area contributed by atoms with Crippen LogP contribution in [0.5, 0.6) is 0 Å². The summed E-state index contributed by atoms with van der Waals surface area (Å²) in [5.74, 6) is -1.21. The van der Waals surface area contributed by atoms with Crippen molar-refractivity contribution in [2.24, 2.45) is 0 Å². The Balaban J connectivity index is 2.26. The minimum Gasteiger partial charge on any atom is -0.478 e. The summed E-state index contributed by atoms with van der Waals surface area (Å²) in [6.07, 6.45) is 1.70. The van der Waals surface area contributed by atoms with Crippen LogP contribution in [0, 0.1) is 6.92 Å². The Labute approximate surface area is 112 Å². The minimum absolute atomic E-state index is 0.150. The number of carboxylic acids is 1. The summed E-state index contributed by atoms with van der Waals surface area (Å²) in [4.78, 5) is 23.5. The quantitative estimate of drug-likeness (QED) is 0.775. The molecule has 0 radical (unpaired) electrons. The van der Waals surface area contributed by atoms with Crippen LogP contribution in [0.15, 0.2) is 18.2 Å². The van der Waals surface area contributed by atoms with Gasteiger partial charge in [0, 0.05) is 0 Å². The molecule has 1 aromatic carbocycles. The third kappa shape index (κ3) is 2.61. The molecule has 2 rings (SSSR count). The average molecular weight is 262 g/mol. The molecule has 1 unspecified atom stereocenters. The highest BCUT2D eigenvalue weighted by Gasteiger charge is 2.36. The molecule has 1 fully saturated rings. The summed E-state index contributed by atoms with van der Waals surface area (Å²) in [7, 11) is 0. The number of aromatic carboxylic acids is 1. The van der Waals surface area contributed by atoms with Crippen LogP contribution in [0.3, 0.4) is 0 Å². The third-order valence-electron chi connectivity index (χ3n) is 3.60. The highest BCUT2D eigenvalue weighted by Crippen LogP contribution is 2.24. The van der Waals surface area contributed by atoms with Crippen molar-refractivity contribution in [2.75, 3.05) is 11.9 Å². The number of carboxylic acid groups (broad SMARTS) is 1. The van der Waals surface area contributed by atoms with E-state index in [9.17, 15) is 14.7 Å². The van der Waals surface area contributed by atoms with Gasteiger partial charge in [0.05, 0.1) is 16.8 Å². The Morgan fingerprint density at radius 1 is 1.42 bits per heavy atom. The first-order valence-corrected chi connectivity index (χ1v) is 6.33. The lowest BCUT2D eigenvalue weighted by Crippen LogP contribution is -2.48. The van der Waals surface area contributed by atoms with E-state index >= 15 is 0 Å². The van der Waals surface area contributed by atoms with Crippen molar-refractivity contribution < 1.29 is 14.7 Å². The van der Waals surface area contributed by atoms with Crippen LogP contribution < -0.4 is 10.6 Å². The molecule has 5 nitrogen and oxygen atoms in total. The topological polar surface area (TPSA) is 78.4 Å². The van der Waals surface area contributed by atoms with Gasteiger partial charge in [-0.1, -0.05) is 12.1 Å². The molecule has 0 bridgehead atoms. The summed E-state index contributed by atoms with van der Waals surface area (Å²) in [5.41, 5.74) is 0.527. The van der Waals surface area contributed by atoms with E-state index in [4.69, 9.17) is 0 Å². The second-order valence-electron chi connectivity index (χ2n) is 5.12. The Kier molecular flexibility index (Phi) is 3.57. The third-order valence-corrected chi connectivity index (χ3v) is 3.60. The first-order chi connectivity index (χ1) is 8.94. The van der Waals surface area contributed by atoms with Crippen LogP contribution in [0.4, 0.5) is 5.69 Å².